The number of hydrogen-bond acceptors (Lipinski definition) is 2. The Hall–Kier alpha value is -1.16. The van der Waals surface area contributed by atoms with Crippen molar-refractivity contribution < 1.29 is 9.53 Å². The van der Waals surface area contributed by atoms with Crippen molar-refractivity contribution in [3.8, 4) is 5.75 Å². The van der Waals surface area contributed by atoms with E-state index in [0.29, 0.717) is 11.4 Å². The van der Waals surface area contributed by atoms with Gasteiger partial charge >= 0.3 is 0 Å². The van der Waals surface area contributed by atoms with E-state index in [2.05, 4.69) is 17.9 Å². The number of nitrogens with one attached hydrogen (secondary N) is 1. The number of aryl methyl sites for hydroxylation is 1. The Balaban J connectivity index is 3.01. The van der Waals surface area contributed by atoms with E-state index in [4.69, 9.17) is 4.74 Å². The highest BCUT2D eigenvalue weighted by atomic mass is 32.1. The second-order valence-corrected chi connectivity index (χ2v) is 3.04. The summed E-state index contributed by atoms with van der Waals surface area (Å²) in [7, 11) is 1.55. The van der Waals surface area contributed by atoms with Crippen LogP contribution in [0.4, 0.5) is 10.5 Å². The molecule has 1 aromatic rings. The van der Waals surface area contributed by atoms with Gasteiger partial charge in [0.05, 0.1) is 12.8 Å². The van der Waals surface area contributed by atoms with Crippen molar-refractivity contribution >= 4 is 23.6 Å². The fourth-order valence-electron chi connectivity index (χ4n) is 1.03. The van der Waals surface area contributed by atoms with Gasteiger partial charge in [0.1, 0.15) is 5.75 Å². The lowest BCUT2D eigenvalue weighted by atomic mass is 10.2. The summed E-state index contributed by atoms with van der Waals surface area (Å²) in [4.78, 5) is 10.7. The molecule has 0 aliphatic carbocycles. The maximum Gasteiger partial charge on any atom is 0.280 e. The average Bonchev–Trinajstić information content (AvgIpc) is 2.03. The first-order valence-corrected chi connectivity index (χ1v) is 4.23. The van der Waals surface area contributed by atoms with Crippen LogP contribution in [-0.4, -0.2) is 12.3 Å². The van der Waals surface area contributed by atoms with Crippen molar-refractivity contribution in [1.82, 2.24) is 0 Å². The molecule has 0 saturated heterocycles. The van der Waals surface area contributed by atoms with Crippen LogP contribution in [0, 0.1) is 6.92 Å². The summed E-state index contributed by atoms with van der Waals surface area (Å²) in [5.41, 5.74) is 1.69. The topological polar surface area (TPSA) is 38.3 Å². The minimum Gasteiger partial charge on any atom is -0.495 e. The predicted molar refractivity (Wildman–Crippen MR) is 55.7 cm³/mol. The van der Waals surface area contributed by atoms with Gasteiger partial charge in [-0.15, -0.1) is 0 Å². The maximum absolute atomic E-state index is 10.7. The molecule has 0 fully saturated rings. The molecule has 0 aliphatic heterocycles. The lowest BCUT2D eigenvalue weighted by Gasteiger charge is -2.08. The van der Waals surface area contributed by atoms with Gasteiger partial charge in [-0.1, -0.05) is 18.7 Å². The molecule has 0 atom stereocenters. The number of carbonyl (C=O) groups excluding carboxylic acids is 1. The van der Waals surface area contributed by atoms with Gasteiger partial charge in [-0.05, 0) is 24.6 Å². The van der Waals surface area contributed by atoms with Crippen LogP contribution in [0.15, 0.2) is 18.2 Å². The van der Waals surface area contributed by atoms with Crippen LogP contribution in [-0.2, 0) is 0 Å². The number of carbonyl (C=O) groups is 1. The first-order valence-electron chi connectivity index (χ1n) is 3.78. The zero-order valence-corrected chi connectivity index (χ0v) is 8.39. The van der Waals surface area contributed by atoms with Gasteiger partial charge in [-0.25, -0.2) is 0 Å². The number of amides is 1. The monoisotopic (exact) mass is 197 g/mol. The Bertz CT molecular complexity index is 325. The third kappa shape index (κ3) is 2.66. The fourth-order valence-corrected chi connectivity index (χ4v) is 1.16. The first-order chi connectivity index (χ1) is 6.13. The third-order valence-corrected chi connectivity index (χ3v) is 1.71. The van der Waals surface area contributed by atoms with Crippen LogP contribution in [0.25, 0.3) is 0 Å². The number of rotatable bonds is 2. The normalized spacial score (nSPS) is 9.46. The van der Waals surface area contributed by atoms with Crippen molar-refractivity contribution in [3.05, 3.63) is 23.8 Å². The summed E-state index contributed by atoms with van der Waals surface area (Å²) in [6.45, 7) is 1.94. The zero-order valence-electron chi connectivity index (χ0n) is 7.50. The van der Waals surface area contributed by atoms with Gasteiger partial charge in [0.25, 0.3) is 5.24 Å². The quantitative estimate of drug-likeness (QED) is 0.715. The SMILES string of the molecule is COc1ccc(C)cc1NC(=O)S. The van der Waals surface area contributed by atoms with Gasteiger partial charge in [-0.3, -0.25) is 4.79 Å². The van der Waals surface area contributed by atoms with E-state index in [1.54, 1.807) is 13.2 Å². The molecule has 3 nitrogen and oxygen atoms in total. The van der Waals surface area contributed by atoms with Crippen molar-refractivity contribution in [2.75, 3.05) is 12.4 Å². The van der Waals surface area contributed by atoms with E-state index in [1.807, 2.05) is 19.1 Å². The van der Waals surface area contributed by atoms with E-state index in [0.717, 1.165) is 5.56 Å². The Morgan fingerprint density at radius 2 is 2.23 bits per heavy atom. The van der Waals surface area contributed by atoms with Crippen LogP contribution in [0.2, 0.25) is 0 Å². The zero-order chi connectivity index (χ0) is 9.84. The largest absolute Gasteiger partial charge is 0.495 e. The number of anilines is 1. The Morgan fingerprint density at radius 3 is 2.77 bits per heavy atom. The number of ether oxygens (including phenoxy) is 1. The Morgan fingerprint density at radius 1 is 1.54 bits per heavy atom. The molecule has 4 heteroatoms. The summed E-state index contributed by atoms with van der Waals surface area (Å²) in [6, 6.07) is 5.54. The van der Waals surface area contributed by atoms with Crippen LogP contribution < -0.4 is 10.1 Å². The van der Waals surface area contributed by atoms with E-state index >= 15 is 0 Å². The molecule has 0 aromatic heterocycles. The summed E-state index contributed by atoms with van der Waals surface area (Å²) in [6.07, 6.45) is 0. The smallest absolute Gasteiger partial charge is 0.280 e. The van der Waals surface area contributed by atoms with Crippen molar-refractivity contribution in [2.45, 2.75) is 6.92 Å². The van der Waals surface area contributed by atoms with Crippen LogP contribution in [0.1, 0.15) is 5.56 Å². The molecule has 0 unspecified atom stereocenters. The highest BCUT2D eigenvalue weighted by Gasteiger charge is 2.03. The molecule has 1 N–H and O–H groups in total. The lowest BCUT2D eigenvalue weighted by molar-refractivity contribution is 0.270. The molecule has 1 amide bonds. The Kier molecular flexibility index (Phi) is 3.19. The van der Waals surface area contributed by atoms with Gasteiger partial charge < -0.3 is 10.1 Å². The number of methoxy groups -OCH3 is 1. The molecular weight excluding hydrogens is 186 g/mol. The number of thiol groups is 1. The lowest BCUT2D eigenvalue weighted by Crippen LogP contribution is -2.03. The van der Waals surface area contributed by atoms with Crippen molar-refractivity contribution in [2.24, 2.45) is 0 Å². The first kappa shape index (κ1) is 9.92. The summed E-state index contributed by atoms with van der Waals surface area (Å²) in [5, 5.41) is 2.17. The van der Waals surface area contributed by atoms with Crippen LogP contribution >= 0.6 is 12.6 Å². The van der Waals surface area contributed by atoms with Gasteiger partial charge in [0.2, 0.25) is 0 Å². The van der Waals surface area contributed by atoms with Crippen LogP contribution in [0.3, 0.4) is 0 Å². The molecule has 70 valence electrons. The maximum atomic E-state index is 10.7. The van der Waals surface area contributed by atoms with Gasteiger partial charge in [-0.2, -0.15) is 0 Å². The third-order valence-electron chi connectivity index (χ3n) is 1.60. The second kappa shape index (κ2) is 4.18. The minimum atomic E-state index is -0.399. The number of benzene rings is 1. The highest BCUT2D eigenvalue weighted by molar-refractivity contribution is 7.96. The second-order valence-electron chi connectivity index (χ2n) is 2.63. The molecule has 13 heavy (non-hydrogen) atoms. The van der Waals surface area contributed by atoms with E-state index < -0.39 is 5.24 Å². The fraction of sp³-hybridized carbons (Fsp3) is 0.222. The Labute approximate surface area is 82.5 Å². The summed E-state index contributed by atoms with van der Waals surface area (Å²) < 4.78 is 5.05. The van der Waals surface area contributed by atoms with Gasteiger partial charge in [0, 0.05) is 0 Å². The number of hydrogen-bond donors (Lipinski definition) is 2. The average molecular weight is 197 g/mol. The van der Waals surface area contributed by atoms with E-state index in [-0.39, 0.29) is 0 Å². The van der Waals surface area contributed by atoms with Crippen LogP contribution in [0.5, 0.6) is 5.75 Å². The van der Waals surface area contributed by atoms with Crippen molar-refractivity contribution in [3.63, 3.8) is 0 Å². The molecule has 0 aliphatic rings. The molecule has 1 aromatic carbocycles. The predicted octanol–water partition coefficient (Wildman–Crippen LogP) is 2.47. The highest BCUT2D eigenvalue weighted by Crippen LogP contribution is 2.25. The molecule has 0 radical (unpaired) electrons. The van der Waals surface area contributed by atoms with Gasteiger partial charge in [0.15, 0.2) is 0 Å². The standard InChI is InChI=1S/C9H11NO2S/c1-6-3-4-8(12-2)7(5-6)10-9(11)13/h3-5H,1-2H3,(H2,10,11,13). The summed E-state index contributed by atoms with van der Waals surface area (Å²) in [5.74, 6) is 0.632. The van der Waals surface area contributed by atoms with Crippen molar-refractivity contribution in [1.29, 1.82) is 0 Å². The van der Waals surface area contributed by atoms with E-state index in [1.165, 1.54) is 0 Å². The molecule has 0 heterocycles. The summed E-state index contributed by atoms with van der Waals surface area (Å²) >= 11 is 3.62. The molecular formula is C9H11NO2S. The molecule has 1 rings (SSSR count). The molecule has 0 saturated carbocycles. The van der Waals surface area contributed by atoms with E-state index in [9.17, 15) is 4.79 Å². The molecule has 0 bridgehead atoms. The molecule has 0 spiro atoms. The minimum absolute atomic E-state index is 0.399.